The van der Waals surface area contributed by atoms with E-state index in [1.54, 1.807) is 23.7 Å². The number of rotatable bonds is 5. The summed E-state index contributed by atoms with van der Waals surface area (Å²) in [6.45, 7) is 2.75. The van der Waals surface area contributed by atoms with Crippen molar-refractivity contribution in [3.63, 3.8) is 0 Å². The fourth-order valence-electron chi connectivity index (χ4n) is 1.51. The minimum absolute atomic E-state index is 0.0310. The van der Waals surface area contributed by atoms with Crippen LogP contribution < -0.4 is 5.32 Å². The Morgan fingerprint density at radius 2 is 2.17 bits per heavy atom. The molecule has 1 N–H and O–H groups in total. The van der Waals surface area contributed by atoms with Crippen LogP contribution >= 0.6 is 11.3 Å². The zero-order valence-corrected chi connectivity index (χ0v) is 11.0. The largest absolute Gasteiger partial charge is 0.356 e. The lowest BCUT2D eigenvalue weighted by Gasteiger charge is -2.00. The molecule has 2 aromatic heterocycles. The van der Waals surface area contributed by atoms with E-state index in [1.807, 2.05) is 24.4 Å². The maximum Gasteiger partial charge on any atom is 0.226 e. The van der Waals surface area contributed by atoms with E-state index < -0.39 is 0 Å². The van der Waals surface area contributed by atoms with Gasteiger partial charge in [-0.25, -0.2) is 4.98 Å². The molecule has 18 heavy (non-hydrogen) atoms. The molecule has 0 bridgehead atoms. The number of nitrogens with one attached hydrogen (secondary N) is 1. The molecule has 0 radical (unpaired) electrons. The predicted octanol–water partition coefficient (Wildman–Crippen LogP) is 2.27. The van der Waals surface area contributed by atoms with Gasteiger partial charge < -0.3 is 5.32 Å². The number of carbonyl (C=O) groups excluding carboxylic acids is 1. The van der Waals surface area contributed by atoms with E-state index in [-0.39, 0.29) is 5.91 Å². The monoisotopic (exact) mass is 261 g/mol. The van der Waals surface area contributed by atoms with E-state index in [2.05, 4.69) is 15.3 Å². The molecule has 2 heterocycles. The van der Waals surface area contributed by atoms with Crippen LogP contribution in [0.2, 0.25) is 0 Å². The summed E-state index contributed by atoms with van der Waals surface area (Å²) in [4.78, 5) is 20.0. The first-order valence-electron chi connectivity index (χ1n) is 5.91. The number of thiazole rings is 1. The molecule has 0 saturated heterocycles. The van der Waals surface area contributed by atoms with Crippen LogP contribution in [0, 0.1) is 0 Å². The fraction of sp³-hybridized carbons (Fsp3) is 0.308. The van der Waals surface area contributed by atoms with Gasteiger partial charge in [-0.1, -0.05) is 6.92 Å². The quantitative estimate of drug-likeness (QED) is 0.898. The summed E-state index contributed by atoms with van der Waals surface area (Å²) in [6, 6.07) is 3.83. The minimum Gasteiger partial charge on any atom is -0.356 e. The van der Waals surface area contributed by atoms with Crippen molar-refractivity contribution < 1.29 is 4.79 Å². The molecular weight excluding hydrogens is 246 g/mol. The van der Waals surface area contributed by atoms with Crippen LogP contribution in [0.25, 0.3) is 10.6 Å². The summed E-state index contributed by atoms with van der Waals surface area (Å²) in [7, 11) is 0. The van der Waals surface area contributed by atoms with E-state index in [0.29, 0.717) is 6.42 Å². The molecule has 0 aromatic carbocycles. The minimum atomic E-state index is 0.0310. The van der Waals surface area contributed by atoms with Gasteiger partial charge in [-0.15, -0.1) is 11.3 Å². The Labute approximate surface area is 110 Å². The standard InChI is InChI=1S/C13H15N3OS/c1-2-5-15-12(17)8-11-9-18-13(16-11)10-3-6-14-7-4-10/h3-4,6-7,9H,2,5,8H2,1H3,(H,15,17). The number of amides is 1. The Hall–Kier alpha value is -1.75. The zero-order valence-electron chi connectivity index (χ0n) is 10.2. The second-order valence-corrected chi connectivity index (χ2v) is 4.76. The fourth-order valence-corrected chi connectivity index (χ4v) is 2.33. The zero-order chi connectivity index (χ0) is 12.8. The van der Waals surface area contributed by atoms with E-state index in [0.717, 1.165) is 29.2 Å². The Morgan fingerprint density at radius 1 is 1.39 bits per heavy atom. The predicted molar refractivity (Wildman–Crippen MR) is 72.3 cm³/mol. The second-order valence-electron chi connectivity index (χ2n) is 3.91. The van der Waals surface area contributed by atoms with Gasteiger partial charge in [0.1, 0.15) is 5.01 Å². The highest BCUT2D eigenvalue weighted by Gasteiger charge is 2.08. The average Bonchev–Trinajstić information content (AvgIpc) is 2.86. The molecule has 4 nitrogen and oxygen atoms in total. The average molecular weight is 261 g/mol. The lowest BCUT2D eigenvalue weighted by molar-refractivity contribution is -0.120. The van der Waals surface area contributed by atoms with Gasteiger partial charge in [0.25, 0.3) is 0 Å². The van der Waals surface area contributed by atoms with Crippen molar-refractivity contribution in [2.75, 3.05) is 6.54 Å². The van der Waals surface area contributed by atoms with Crippen molar-refractivity contribution in [1.82, 2.24) is 15.3 Å². The SMILES string of the molecule is CCCNC(=O)Cc1csc(-c2ccncc2)n1. The third-order valence-electron chi connectivity index (χ3n) is 2.39. The van der Waals surface area contributed by atoms with Crippen molar-refractivity contribution >= 4 is 17.2 Å². The van der Waals surface area contributed by atoms with Gasteiger partial charge in [0.2, 0.25) is 5.91 Å². The highest BCUT2D eigenvalue weighted by Crippen LogP contribution is 2.22. The molecule has 0 fully saturated rings. The van der Waals surface area contributed by atoms with Gasteiger partial charge in [-0.05, 0) is 18.6 Å². The van der Waals surface area contributed by atoms with E-state index >= 15 is 0 Å². The highest BCUT2D eigenvalue weighted by atomic mass is 32.1. The smallest absolute Gasteiger partial charge is 0.226 e. The van der Waals surface area contributed by atoms with Gasteiger partial charge >= 0.3 is 0 Å². The Morgan fingerprint density at radius 3 is 2.89 bits per heavy atom. The molecule has 0 aliphatic heterocycles. The third-order valence-corrected chi connectivity index (χ3v) is 3.33. The van der Waals surface area contributed by atoms with Gasteiger partial charge in [-0.3, -0.25) is 9.78 Å². The summed E-state index contributed by atoms with van der Waals surface area (Å²) in [5, 5.41) is 5.70. The molecular formula is C13H15N3OS. The van der Waals surface area contributed by atoms with Crippen LogP contribution in [0.5, 0.6) is 0 Å². The molecule has 5 heteroatoms. The molecule has 0 aliphatic carbocycles. The number of carbonyl (C=O) groups is 1. The third kappa shape index (κ3) is 3.37. The molecule has 0 saturated carbocycles. The van der Waals surface area contributed by atoms with Crippen molar-refractivity contribution in [2.24, 2.45) is 0 Å². The van der Waals surface area contributed by atoms with Crippen LogP contribution in [0.1, 0.15) is 19.0 Å². The molecule has 1 amide bonds. The van der Waals surface area contributed by atoms with Crippen LogP contribution in [-0.2, 0) is 11.2 Å². The topological polar surface area (TPSA) is 54.9 Å². The van der Waals surface area contributed by atoms with Gasteiger partial charge in [0.15, 0.2) is 0 Å². The molecule has 0 spiro atoms. The molecule has 0 unspecified atom stereocenters. The van der Waals surface area contributed by atoms with E-state index in [1.165, 1.54) is 0 Å². The highest BCUT2D eigenvalue weighted by molar-refractivity contribution is 7.13. The molecule has 2 aromatic rings. The van der Waals surface area contributed by atoms with Crippen LogP contribution in [-0.4, -0.2) is 22.4 Å². The van der Waals surface area contributed by atoms with Gasteiger partial charge in [0.05, 0.1) is 12.1 Å². The number of pyridine rings is 1. The van der Waals surface area contributed by atoms with Crippen LogP contribution in [0.3, 0.4) is 0 Å². The van der Waals surface area contributed by atoms with Crippen molar-refractivity contribution in [2.45, 2.75) is 19.8 Å². The molecule has 0 atom stereocenters. The Balaban J connectivity index is 2.00. The summed E-state index contributed by atoms with van der Waals surface area (Å²) in [5.41, 5.74) is 1.86. The number of aromatic nitrogens is 2. The van der Waals surface area contributed by atoms with Crippen molar-refractivity contribution in [3.05, 3.63) is 35.6 Å². The van der Waals surface area contributed by atoms with Crippen molar-refractivity contribution in [3.8, 4) is 10.6 Å². The maximum atomic E-state index is 11.6. The summed E-state index contributed by atoms with van der Waals surface area (Å²) >= 11 is 1.55. The van der Waals surface area contributed by atoms with Gasteiger partial charge in [0, 0.05) is 29.9 Å². The molecule has 2 rings (SSSR count). The molecule has 0 aliphatic rings. The normalized spacial score (nSPS) is 10.3. The first-order chi connectivity index (χ1) is 8.79. The van der Waals surface area contributed by atoms with Crippen molar-refractivity contribution in [1.29, 1.82) is 0 Å². The number of hydrogen-bond acceptors (Lipinski definition) is 4. The van der Waals surface area contributed by atoms with E-state index in [9.17, 15) is 4.79 Å². The van der Waals surface area contributed by atoms with Crippen LogP contribution in [0.4, 0.5) is 0 Å². The van der Waals surface area contributed by atoms with Gasteiger partial charge in [-0.2, -0.15) is 0 Å². The molecule has 94 valence electrons. The summed E-state index contributed by atoms with van der Waals surface area (Å²) in [5.74, 6) is 0.0310. The number of hydrogen-bond donors (Lipinski definition) is 1. The van der Waals surface area contributed by atoms with E-state index in [4.69, 9.17) is 0 Å². The maximum absolute atomic E-state index is 11.6. The number of nitrogens with zero attached hydrogens (tertiary/aromatic N) is 2. The Bertz CT molecular complexity index is 510. The second kappa shape index (κ2) is 6.26. The summed E-state index contributed by atoms with van der Waals surface area (Å²) in [6.07, 6.45) is 4.78. The Kier molecular flexibility index (Phi) is 4.41. The lowest BCUT2D eigenvalue weighted by Crippen LogP contribution is -2.25. The first kappa shape index (κ1) is 12.7. The summed E-state index contributed by atoms with van der Waals surface area (Å²) < 4.78 is 0. The lowest BCUT2D eigenvalue weighted by atomic mass is 10.3. The van der Waals surface area contributed by atoms with Crippen LogP contribution in [0.15, 0.2) is 29.9 Å². The first-order valence-corrected chi connectivity index (χ1v) is 6.79.